The third kappa shape index (κ3) is 12.9. The lowest BCUT2D eigenvalue weighted by atomic mass is 9.71. The predicted octanol–water partition coefficient (Wildman–Crippen LogP) is 8.23. The smallest absolute Gasteiger partial charge is 0.00185 e. The van der Waals surface area contributed by atoms with Crippen LogP contribution in [-0.2, 0) is 0 Å². The van der Waals surface area contributed by atoms with Crippen molar-refractivity contribution in [3.05, 3.63) is 0 Å². The highest BCUT2D eigenvalue weighted by atomic mass is 15.1. The highest BCUT2D eigenvalue weighted by Gasteiger charge is 2.27. The van der Waals surface area contributed by atoms with Crippen molar-refractivity contribution in [1.29, 1.82) is 0 Å². The maximum absolute atomic E-state index is 2.76. The Labute approximate surface area is 161 Å². The summed E-state index contributed by atoms with van der Waals surface area (Å²) < 4.78 is 0. The van der Waals surface area contributed by atoms with Crippen LogP contribution in [0.15, 0.2) is 0 Å². The molecule has 152 valence electrons. The number of nitrogens with zero attached hydrogens (tertiary/aromatic N) is 1. The summed E-state index contributed by atoms with van der Waals surface area (Å²) in [6.07, 6.45) is 21.1. The molecule has 0 aliphatic rings. The molecule has 0 saturated carbocycles. The Morgan fingerprint density at radius 1 is 0.440 bits per heavy atom. The first-order valence-electron chi connectivity index (χ1n) is 11.9. The van der Waals surface area contributed by atoms with Gasteiger partial charge in [-0.05, 0) is 70.0 Å². The van der Waals surface area contributed by atoms with Crippen LogP contribution in [0.25, 0.3) is 0 Å². The largest absolute Gasteiger partial charge is 0.303 e. The summed E-state index contributed by atoms with van der Waals surface area (Å²) in [5.41, 5.74) is 0.656. The van der Waals surface area contributed by atoms with Gasteiger partial charge in [-0.2, -0.15) is 0 Å². The van der Waals surface area contributed by atoms with Crippen molar-refractivity contribution in [2.45, 2.75) is 131 Å². The average molecular weight is 354 g/mol. The number of unbranched alkanes of at least 4 members (excludes halogenated alkanes) is 5. The first-order valence-corrected chi connectivity index (χ1v) is 11.9. The van der Waals surface area contributed by atoms with Crippen LogP contribution in [-0.4, -0.2) is 24.5 Å². The van der Waals surface area contributed by atoms with E-state index in [4.69, 9.17) is 0 Å². The third-order valence-electron chi connectivity index (χ3n) is 6.02. The van der Waals surface area contributed by atoms with Crippen LogP contribution in [0.4, 0.5) is 0 Å². The summed E-state index contributed by atoms with van der Waals surface area (Å²) in [6, 6.07) is 0. The van der Waals surface area contributed by atoms with Gasteiger partial charge in [-0.25, -0.2) is 0 Å². The summed E-state index contributed by atoms with van der Waals surface area (Å²) in [4.78, 5) is 2.76. The minimum atomic E-state index is 0.656. The van der Waals surface area contributed by atoms with Crippen LogP contribution in [0.1, 0.15) is 131 Å². The zero-order chi connectivity index (χ0) is 18.8. The highest BCUT2D eigenvalue weighted by molar-refractivity contribution is 4.80. The van der Waals surface area contributed by atoms with E-state index in [9.17, 15) is 0 Å². The molecule has 0 bridgehead atoms. The van der Waals surface area contributed by atoms with Gasteiger partial charge in [-0.1, -0.05) is 86.0 Å². The van der Waals surface area contributed by atoms with Gasteiger partial charge in [-0.3, -0.25) is 0 Å². The molecule has 0 rings (SSSR count). The minimum Gasteiger partial charge on any atom is -0.303 e. The predicted molar refractivity (Wildman–Crippen MR) is 116 cm³/mol. The third-order valence-corrected chi connectivity index (χ3v) is 6.02. The van der Waals surface area contributed by atoms with Gasteiger partial charge < -0.3 is 4.90 Å². The molecule has 0 aromatic heterocycles. The van der Waals surface area contributed by atoms with Gasteiger partial charge in [0.25, 0.3) is 0 Å². The van der Waals surface area contributed by atoms with Crippen molar-refractivity contribution in [3.8, 4) is 0 Å². The quantitative estimate of drug-likeness (QED) is 0.226. The molecule has 0 atom stereocenters. The van der Waals surface area contributed by atoms with Gasteiger partial charge >= 0.3 is 0 Å². The van der Waals surface area contributed by atoms with E-state index in [0.717, 1.165) is 0 Å². The molecule has 0 aliphatic carbocycles. The molecule has 0 saturated heterocycles. The Morgan fingerprint density at radius 3 is 1.12 bits per heavy atom. The maximum atomic E-state index is 2.76. The summed E-state index contributed by atoms with van der Waals surface area (Å²) in [7, 11) is 0. The van der Waals surface area contributed by atoms with E-state index in [2.05, 4.69) is 39.5 Å². The van der Waals surface area contributed by atoms with Crippen LogP contribution in [0, 0.1) is 5.41 Å². The standard InChI is InChI=1S/C24H51N/c1-6-11-17-24(18-12-7-2,19-13-8-3)20-16-23-25(21-14-9-4)22-15-10-5/h6-23H2,1-5H3. The zero-order valence-electron chi connectivity index (χ0n) is 18.7. The molecule has 0 aromatic carbocycles. The van der Waals surface area contributed by atoms with Gasteiger partial charge in [-0.15, -0.1) is 0 Å². The topological polar surface area (TPSA) is 3.24 Å². The van der Waals surface area contributed by atoms with E-state index in [1.807, 2.05) is 0 Å². The highest BCUT2D eigenvalue weighted by Crippen LogP contribution is 2.41. The normalized spacial score (nSPS) is 12.2. The van der Waals surface area contributed by atoms with E-state index in [-0.39, 0.29) is 0 Å². The summed E-state index contributed by atoms with van der Waals surface area (Å²) >= 11 is 0. The Hall–Kier alpha value is -0.0400. The fourth-order valence-corrected chi connectivity index (χ4v) is 4.18. The van der Waals surface area contributed by atoms with Crippen molar-refractivity contribution in [1.82, 2.24) is 4.90 Å². The fraction of sp³-hybridized carbons (Fsp3) is 1.00. The van der Waals surface area contributed by atoms with Crippen molar-refractivity contribution >= 4 is 0 Å². The van der Waals surface area contributed by atoms with Crippen molar-refractivity contribution in [2.75, 3.05) is 19.6 Å². The lowest BCUT2D eigenvalue weighted by molar-refractivity contribution is 0.162. The molecule has 0 fully saturated rings. The van der Waals surface area contributed by atoms with E-state index in [1.54, 1.807) is 0 Å². The van der Waals surface area contributed by atoms with Gasteiger partial charge in [0.15, 0.2) is 0 Å². The van der Waals surface area contributed by atoms with E-state index in [1.165, 1.54) is 116 Å². The second-order valence-electron chi connectivity index (χ2n) is 8.46. The van der Waals surface area contributed by atoms with Crippen molar-refractivity contribution in [3.63, 3.8) is 0 Å². The lowest BCUT2D eigenvalue weighted by Crippen LogP contribution is -2.29. The van der Waals surface area contributed by atoms with E-state index in [0.29, 0.717) is 5.41 Å². The number of hydrogen-bond donors (Lipinski definition) is 0. The Morgan fingerprint density at radius 2 is 0.760 bits per heavy atom. The molecule has 25 heavy (non-hydrogen) atoms. The fourth-order valence-electron chi connectivity index (χ4n) is 4.18. The Kier molecular flexibility index (Phi) is 17.3. The molecule has 0 heterocycles. The number of hydrogen-bond acceptors (Lipinski definition) is 1. The molecule has 0 amide bonds. The molecule has 0 N–H and O–H groups in total. The Balaban J connectivity index is 4.64. The minimum absolute atomic E-state index is 0.656. The maximum Gasteiger partial charge on any atom is -0.00185 e. The van der Waals surface area contributed by atoms with Crippen LogP contribution in [0.3, 0.4) is 0 Å². The molecule has 0 unspecified atom stereocenters. The number of rotatable bonds is 19. The monoisotopic (exact) mass is 353 g/mol. The first-order chi connectivity index (χ1) is 12.2. The van der Waals surface area contributed by atoms with E-state index >= 15 is 0 Å². The zero-order valence-corrected chi connectivity index (χ0v) is 18.7. The lowest BCUT2D eigenvalue weighted by Gasteiger charge is -2.35. The van der Waals surface area contributed by atoms with Gasteiger partial charge in [0.2, 0.25) is 0 Å². The molecule has 0 radical (unpaired) electrons. The van der Waals surface area contributed by atoms with Crippen LogP contribution < -0.4 is 0 Å². The molecule has 0 aromatic rings. The molecular weight excluding hydrogens is 302 g/mol. The molecular formula is C24H51N. The van der Waals surface area contributed by atoms with Gasteiger partial charge in [0, 0.05) is 0 Å². The van der Waals surface area contributed by atoms with Crippen LogP contribution in [0.5, 0.6) is 0 Å². The SMILES string of the molecule is CCCCN(CCCC)CCCC(CCCC)(CCCC)CCCC. The van der Waals surface area contributed by atoms with Crippen LogP contribution >= 0.6 is 0 Å². The first kappa shape index (κ1) is 25.0. The second kappa shape index (κ2) is 17.4. The van der Waals surface area contributed by atoms with Gasteiger partial charge in [0.05, 0.1) is 0 Å². The Bertz CT molecular complexity index is 231. The molecule has 0 aliphatic heterocycles. The molecule has 1 heteroatoms. The molecule has 0 spiro atoms. The van der Waals surface area contributed by atoms with E-state index < -0.39 is 0 Å². The molecule has 1 nitrogen and oxygen atoms in total. The van der Waals surface area contributed by atoms with Gasteiger partial charge in [0.1, 0.15) is 0 Å². The van der Waals surface area contributed by atoms with Crippen molar-refractivity contribution < 1.29 is 0 Å². The summed E-state index contributed by atoms with van der Waals surface area (Å²) in [5, 5.41) is 0. The average Bonchev–Trinajstić information content (AvgIpc) is 2.64. The van der Waals surface area contributed by atoms with Crippen LogP contribution in [0.2, 0.25) is 0 Å². The summed E-state index contributed by atoms with van der Waals surface area (Å²) in [6.45, 7) is 15.7. The second-order valence-corrected chi connectivity index (χ2v) is 8.46. The summed E-state index contributed by atoms with van der Waals surface area (Å²) in [5.74, 6) is 0. The van der Waals surface area contributed by atoms with Crippen molar-refractivity contribution in [2.24, 2.45) is 5.41 Å².